The topological polar surface area (TPSA) is 17.8 Å². The molecule has 2 aromatic rings. The summed E-state index contributed by atoms with van der Waals surface area (Å²) < 4.78 is 15.4. The average Bonchev–Trinajstić information content (AvgIpc) is 2.66. The van der Waals surface area contributed by atoms with Gasteiger partial charge in [-0.2, -0.15) is 0 Å². The minimum Gasteiger partial charge on any atom is -0.324 e. The van der Waals surface area contributed by atoms with Crippen LogP contribution in [0.3, 0.4) is 0 Å². The van der Waals surface area contributed by atoms with Crippen molar-refractivity contribution in [1.82, 2.24) is 9.55 Å². The molecule has 4 heteroatoms. The fourth-order valence-corrected chi connectivity index (χ4v) is 2.44. The molecule has 0 aliphatic heterocycles. The molecule has 1 unspecified atom stereocenters. The van der Waals surface area contributed by atoms with Gasteiger partial charge in [-0.1, -0.05) is 13.3 Å². The maximum atomic E-state index is 13.3. The predicted molar refractivity (Wildman–Crippen MR) is 68.9 cm³/mol. The summed E-state index contributed by atoms with van der Waals surface area (Å²) in [4.78, 5) is 4.44. The molecule has 0 saturated carbocycles. The Morgan fingerprint density at radius 2 is 2.24 bits per heavy atom. The maximum Gasteiger partial charge on any atom is 0.125 e. The highest BCUT2D eigenvalue weighted by Crippen LogP contribution is 2.25. The van der Waals surface area contributed by atoms with E-state index >= 15 is 0 Å². The summed E-state index contributed by atoms with van der Waals surface area (Å²) >= 11 is 5.91. The van der Waals surface area contributed by atoms with Crippen LogP contribution in [0.25, 0.3) is 11.0 Å². The zero-order valence-corrected chi connectivity index (χ0v) is 10.8. The summed E-state index contributed by atoms with van der Waals surface area (Å²) in [5, 5.41) is 0. The van der Waals surface area contributed by atoms with Crippen molar-refractivity contribution in [3.8, 4) is 0 Å². The zero-order valence-electron chi connectivity index (χ0n) is 10.1. The van der Waals surface area contributed by atoms with Gasteiger partial charge in [0.1, 0.15) is 11.6 Å². The van der Waals surface area contributed by atoms with Crippen LogP contribution in [0.5, 0.6) is 0 Å². The third-order valence-corrected chi connectivity index (χ3v) is 3.23. The first kappa shape index (κ1) is 12.4. The second-order valence-electron chi connectivity index (χ2n) is 4.30. The first-order valence-electron chi connectivity index (χ1n) is 5.89. The Morgan fingerprint density at radius 3 is 2.88 bits per heavy atom. The van der Waals surface area contributed by atoms with Gasteiger partial charge in [0, 0.05) is 6.04 Å². The molecular weight excluding hydrogens is 239 g/mol. The molecule has 0 spiro atoms. The number of aromatic nitrogens is 2. The highest BCUT2D eigenvalue weighted by atomic mass is 35.5. The van der Waals surface area contributed by atoms with Crippen molar-refractivity contribution >= 4 is 22.6 Å². The Labute approximate surface area is 105 Å². The number of imidazole rings is 1. The van der Waals surface area contributed by atoms with Gasteiger partial charge in [0.2, 0.25) is 0 Å². The van der Waals surface area contributed by atoms with Crippen LogP contribution in [-0.4, -0.2) is 9.55 Å². The van der Waals surface area contributed by atoms with E-state index in [1.807, 2.05) is 0 Å². The van der Waals surface area contributed by atoms with E-state index in [9.17, 15) is 4.39 Å². The van der Waals surface area contributed by atoms with E-state index in [4.69, 9.17) is 11.6 Å². The average molecular weight is 255 g/mol. The van der Waals surface area contributed by atoms with Crippen LogP contribution in [0.1, 0.15) is 38.6 Å². The van der Waals surface area contributed by atoms with Gasteiger partial charge in [-0.3, -0.25) is 0 Å². The van der Waals surface area contributed by atoms with Gasteiger partial charge < -0.3 is 4.57 Å². The first-order chi connectivity index (χ1) is 8.17. The summed E-state index contributed by atoms with van der Waals surface area (Å²) in [5.41, 5.74) is 1.65. The van der Waals surface area contributed by atoms with Crippen LogP contribution in [0, 0.1) is 5.82 Å². The number of halogens is 2. The standard InChI is InChI=1S/C13H16ClFN2/c1-3-4-9(2)17-12-7-10(15)5-6-11(12)16-13(17)8-14/h5-7,9H,3-4,8H2,1-2H3. The fourth-order valence-electron chi connectivity index (χ4n) is 2.25. The monoisotopic (exact) mass is 254 g/mol. The lowest BCUT2D eigenvalue weighted by atomic mass is 10.2. The van der Waals surface area contributed by atoms with E-state index in [-0.39, 0.29) is 5.82 Å². The summed E-state index contributed by atoms with van der Waals surface area (Å²) in [6, 6.07) is 4.96. The highest BCUT2D eigenvalue weighted by Gasteiger charge is 2.15. The van der Waals surface area contributed by atoms with Crippen LogP contribution in [0.4, 0.5) is 4.39 Å². The number of hydrogen-bond donors (Lipinski definition) is 0. The van der Waals surface area contributed by atoms with Crippen LogP contribution in [-0.2, 0) is 5.88 Å². The minimum absolute atomic E-state index is 0.233. The van der Waals surface area contributed by atoms with Crippen LogP contribution >= 0.6 is 11.6 Å². The highest BCUT2D eigenvalue weighted by molar-refractivity contribution is 6.16. The normalized spacial score (nSPS) is 13.2. The molecule has 0 aliphatic carbocycles. The molecule has 17 heavy (non-hydrogen) atoms. The Morgan fingerprint density at radius 1 is 1.47 bits per heavy atom. The van der Waals surface area contributed by atoms with Crippen molar-refractivity contribution in [2.24, 2.45) is 0 Å². The van der Waals surface area contributed by atoms with Gasteiger partial charge in [0.15, 0.2) is 0 Å². The Bertz CT molecular complexity index is 521. The summed E-state index contributed by atoms with van der Waals surface area (Å²) in [6.07, 6.45) is 2.11. The van der Waals surface area contributed by atoms with Crippen LogP contribution in [0.2, 0.25) is 0 Å². The number of fused-ring (bicyclic) bond motifs is 1. The van der Waals surface area contributed by atoms with Gasteiger partial charge >= 0.3 is 0 Å². The number of rotatable bonds is 4. The summed E-state index contributed by atoms with van der Waals surface area (Å²) in [5.74, 6) is 0.932. The fraction of sp³-hybridized carbons (Fsp3) is 0.462. The summed E-state index contributed by atoms with van der Waals surface area (Å²) in [6.45, 7) is 4.25. The lowest BCUT2D eigenvalue weighted by Gasteiger charge is -2.16. The molecule has 1 heterocycles. The number of nitrogens with zero attached hydrogens (tertiary/aromatic N) is 2. The molecule has 0 aliphatic rings. The van der Waals surface area contributed by atoms with Gasteiger partial charge in [-0.05, 0) is 31.5 Å². The first-order valence-corrected chi connectivity index (χ1v) is 6.43. The number of benzene rings is 1. The third-order valence-electron chi connectivity index (χ3n) is 2.99. The summed E-state index contributed by atoms with van der Waals surface area (Å²) in [7, 11) is 0. The predicted octanol–water partition coefficient (Wildman–Crippen LogP) is 4.28. The molecule has 0 fully saturated rings. The quantitative estimate of drug-likeness (QED) is 0.745. The van der Waals surface area contributed by atoms with Gasteiger partial charge in [-0.15, -0.1) is 11.6 Å². The molecule has 0 N–H and O–H groups in total. The SMILES string of the molecule is CCCC(C)n1c(CCl)nc2ccc(F)cc21. The smallest absolute Gasteiger partial charge is 0.125 e. The Balaban J connectivity index is 2.60. The van der Waals surface area contributed by atoms with E-state index in [1.54, 1.807) is 6.07 Å². The van der Waals surface area contributed by atoms with Crippen molar-refractivity contribution in [3.05, 3.63) is 29.8 Å². The molecule has 0 radical (unpaired) electrons. The molecular formula is C13H16ClFN2. The van der Waals surface area contributed by atoms with E-state index in [0.29, 0.717) is 11.9 Å². The van der Waals surface area contributed by atoms with Crippen molar-refractivity contribution in [1.29, 1.82) is 0 Å². The van der Waals surface area contributed by atoms with Gasteiger partial charge in [0.25, 0.3) is 0 Å². The van der Waals surface area contributed by atoms with E-state index < -0.39 is 0 Å². The van der Waals surface area contributed by atoms with Crippen molar-refractivity contribution in [2.45, 2.75) is 38.6 Å². The largest absolute Gasteiger partial charge is 0.324 e. The van der Waals surface area contributed by atoms with Crippen LogP contribution in [0.15, 0.2) is 18.2 Å². The molecule has 92 valence electrons. The van der Waals surface area contributed by atoms with E-state index in [1.165, 1.54) is 12.1 Å². The van der Waals surface area contributed by atoms with E-state index in [2.05, 4.69) is 23.4 Å². The van der Waals surface area contributed by atoms with Gasteiger partial charge in [0.05, 0.1) is 16.9 Å². The van der Waals surface area contributed by atoms with Crippen molar-refractivity contribution in [2.75, 3.05) is 0 Å². The second-order valence-corrected chi connectivity index (χ2v) is 4.57. The minimum atomic E-state index is -0.233. The number of hydrogen-bond acceptors (Lipinski definition) is 1. The molecule has 1 atom stereocenters. The molecule has 1 aromatic carbocycles. The number of alkyl halides is 1. The second kappa shape index (κ2) is 5.05. The van der Waals surface area contributed by atoms with Gasteiger partial charge in [-0.25, -0.2) is 9.37 Å². The van der Waals surface area contributed by atoms with E-state index in [0.717, 1.165) is 29.7 Å². The molecule has 2 nitrogen and oxygen atoms in total. The molecule has 0 saturated heterocycles. The molecule has 0 amide bonds. The maximum absolute atomic E-state index is 13.3. The molecule has 1 aromatic heterocycles. The zero-order chi connectivity index (χ0) is 12.4. The molecule has 0 bridgehead atoms. The van der Waals surface area contributed by atoms with Crippen molar-refractivity contribution < 1.29 is 4.39 Å². The van der Waals surface area contributed by atoms with Crippen LogP contribution < -0.4 is 0 Å². The Kier molecular flexibility index (Phi) is 3.67. The molecule has 2 rings (SSSR count). The third kappa shape index (κ3) is 2.29. The lowest BCUT2D eigenvalue weighted by molar-refractivity contribution is 0.499. The Hall–Kier alpha value is -1.09. The van der Waals surface area contributed by atoms with Crippen molar-refractivity contribution in [3.63, 3.8) is 0 Å². The lowest BCUT2D eigenvalue weighted by Crippen LogP contribution is -2.08.